The molecule has 2 fully saturated rings. The molecule has 2 rings (SSSR count). The summed E-state index contributed by atoms with van der Waals surface area (Å²) < 4.78 is 6.31. The lowest BCUT2D eigenvalue weighted by molar-refractivity contribution is -0.0611. The first kappa shape index (κ1) is 11.4. The van der Waals surface area contributed by atoms with Crippen LogP contribution in [-0.2, 0) is 4.74 Å². The molecule has 0 aliphatic heterocycles. The van der Waals surface area contributed by atoms with E-state index >= 15 is 0 Å². The van der Waals surface area contributed by atoms with E-state index in [1.54, 1.807) is 0 Å². The standard InChI is InChI=1S/C13H25NO/c1-10-6-3-4-8-12(10)15-13-9-5-7-11(13)14-2/h10-14H,3-9H2,1-2H3. The van der Waals surface area contributed by atoms with Crippen LogP contribution in [0.5, 0.6) is 0 Å². The molecule has 0 aromatic carbocycles. The van der Waals surface area contributed by atoms with Crippen molar-refractivity contribution in [2.75, 3.05) is 7.05 Å². The molecular weight excluding hydrogens is 186 g/mol. The van der Waals surface area contributed by atoms with Crippen LogP contribution >= 0.6 is 0 Å². The van der Waals surface area contributed by atoms with Gasteiger partial charge in [0, 0.05) is 6.04 Å². The summed E-state index contributed by atoms with van der Waals surface area (Å²) in [6.45, 7) is 2.35. The average Bonchev–Trinajstić information content (AvgIpc) is 2.69. The molecule has 0 radical (unpaired) electrons. The van der Waals surface area contributed by atoms with E-state index in [1.807, 2.05) is 0 Å². The second-order valence-electron chi connectivity index (χ2n) is 5.30. The molecule has 0 amide bonds. The highest BCUT2D eigenvalue weighted by atomic mass is 16.5. The van der Waals surface area contributed by atoms with Gasteiger partial charge in [0.15, 0.2) is 0 Å². The molecule has 0 saturated heterocycles. The van der Waals surface area contributed by atoms with Crippen molar-refractivity contribution in [1.29, 1.82) is 0 Å². The molecule has 4 unspecified atom stereocenters. The fourth-order valence-corrected chi connectivity index (χ4v) is 3.13. The van der Waals surface area contributed by atoms with E-state index < -0.39 is 0 Å². The third kappa shape index (κ3) is 2.73. The summed E-state index contributed by atoms with van der Waals surface area (Å²) in [7, 11) is 2.07. The molecule has 88 valence electrons. The van der Waals surface area contributed by atoms with Gasteiger partial charge in [-0.1, -0.05) is 19.8 Å². The van der Waals surface area contributed by atoms with Gasteiger partial charge < -0.3 is 10.1 Å². The Kier molecular flexibility index (Phi) is 4.04. The largest absolute Gasteiger partial charge is 0.373 e. The number of hydrogen-bond acceptors (Lipinski definition) is 2. The van der Waals surface area contributed by atoms with Crippen LogP contribution < -0.4 is 5.32 Å². The zero-order valence-electron chi connectivity index (χ0n) is 10.2. The van der Waals surface area contributed by atoms with Crippen LogP contribution in [0.3, 0.4) is 0 Å². The number of ether oxygens (including phenoxy) is 1. The smallest absolute Gasteiger partial charge is 0.0731 e. The Bertz CT molecular complexity index is 195. The van der Waals surface area contributed by atoms with E-state index in [0.29, 0.717) is 18.2 Å². The summed E-state index contributed by atoms with van der Waals surface area (Å²) in [5.74, 6) is 0.775. The third-order valence-electron chi connectivity index (χ3n) is 4.21. The van der Waals surface area contributed by atoms with Crippen molar-refractivity contribution in [3.8, 4) is 0 Å². The van der Waals surface area contributed by atoms with Crippen molar-refractivity contribution >= 4 is 0 Å². The normalized spacial score (nSPS) is 42.0. The first-order valence-corrected chi connectivity index (χ1v) is 6.64. The molecule has 0 aromatic heterocycles. The minimum atomic E-state index is 0.487. The maximum atomic E-state index is 6.31. The number of nitrogens with one attached hydrogen (secondary N) is 1. The predicted octanol–water partition coefficient (Wildman–Crippen LogP) is 2.72. The van der Waals surface area contributed by atoms with Crippen LogP contribution in [-0.4, -0.2) is 25.3 Å². The number of hydrogen-bond donors (Lipinski definition) is 1. The molecular formula is C13H25NO. The van der Waals surface area contributed by atoms with Crippen molar-refractivity contribution in [2.45, 2.75) is 70.1 Å². The highest BCUT2D eigenvalue weighted by Crippen LogP contribution is 2.31. The molecule has 2 aliphatic rings. The molecule has 4 atom stereocenters. The highest BCUT2D eigenvalue weighted by molar-refractivity contribution is 4.85. The Morgan fingerprint density at radius 3 is 2.40 bits per heavy atom. The summed E-state index contributed by atoms with van der Waals surface area (Å²) in [6.07, 6.45) is 10.3. The summed E-state index contributed by atoms with van der Waals surface area (Å²) in [5, 5.41) is 3.39. The monoisotopic (exact) mass is 211 g/mol. The predicted molar refractivity (Wildman–Crippen MR) is 63.0 cm³/mol. The first-order chi connectivity index (χ1) is 7.31. The molecule has 2 heteroatoms. The molecule has 15 heavy (non-hydrogen) atoms. The fourth-order valence-electron chi connectivity index (χ4n) is 3.13. The maximum absolute atomic E-state index is 6.31. The SMILES string of the molecule is CNC1CCCC1OC1CCCCC1C. The van der Waals surface area contributed by atoms with E-state index in [2.05, 4.69) is 19.3 Å². The van der Waals surface area contributed by atoms with Crippen molar-refractivity contribution in [1.82, 2.24) is 5.32 Å². The zero-order chi connectivity index (χ0) is 10.7. The average molecular weight is 211 g/mol. The van der Waals surface area contributed by atoms with Crippen LogP contribution in [0.25, 0.3) is 0 Å². The van der Waals surface area contributed by atoms with Gasteiger partial charge in [0.2, 0.25) is 0 Å². The summed E-state index contributed by atoms with van der Waals surface area (Å²) in [5.41, 5.74) is 0. The van der Waals surface area contributed by atoms with Crippen LogP contribution in [0.2, 0.25) is 0 Å². The lowest BCUT2D eigenvalue weighted by atomic mass is 9.88. The lowest BCUT2D eigenvalue weighted by Gasteiger charge is -2.33. The van der Waals surface area contributed by atoms with Gasteiger partial charge in [0.05, 0.1) is 12.2 Å². The molecule has 2 saturated carbocycles. The molecule has 0 aromatic rings. The number of rotatable bonds is 3. The van der Waals surface area contributed by atoms with Crippen molar-refractivity contribution in [3.63, 3.8) is 0 Å². The minimum absolute atomic E-state index is 0.487. The van der Waals surface area contributed by atoms with Gasteiger partial charge in [-0.15, -0.1) is 0 Å². The van der Waals surface area contributed by atoms with E-state index in [4.69, 9.17) is 4.74 Å². The number of likely N-dealkylation sites (N-methyl/N-ethyl adjacent to an activating group) is 1. The Hall–Kier alpha value is -0.0800. The Labute approximate surface area is 93.8 Å². The zero-order valence-corrected chi connectivity index (χ0v) is 10.2. The Morgan fingerprint density at radius 2 is 1.67 bits per heavy atom. The van der Waals surface area contributed by atoms with Gasteiger partial charge in [0.1, 0.15) is 0 Å². The van der Waals surface area contributed by atoms with E-state index in [9.17, 15) is 0 Å². The van der Waals surface area contributed by atoms with Crippen molar-refractivity contribution in [2.24, 2.45) is 5.92 Å². The molecule has 2 nitrogen and oxygen atoms in total. The van der Waals surface area contributed by atoms with E-state index in [1.165, 1.54) is 44.9 Å². The lowest BCUT2D eigenvalue weighted by Crippen LogP contribution is -2.39. The van der Waals surface area contributed by atoms with E-state index in [-0.39, 0.29) is 0 Å². The van der Waals surface area contributed by atoms with Gasteiger partial charge in [-0.05, 0) is 45.1 Å². The van der Waals surface area contributed by atoms with E-state index in [0.717, 1.165) is 5.92 Å². The molecule has 2 aliphatic carbocycles. The molecule has 0 heterocycles. The van der Waals surface area contributed by atoms with Crippen LogP contribution in [0.1, 0.15) is 51.9 Å². The molecule has 1 N–H and O–H groups in total. The molecule has 0 spiro atoms. The molecule has 0 bridgehead atoms. The first-order valence-electron chi connectivity index (χ1n) is 6.64. The second-order valence-corrected chi connectivity index (χ2v) is 5.30. The van der Waals surface area contributed by atoms with Gasteiger partial charge in [-0.25, -0.2) is 0 Å². The van der Waals surface area contributed by atoms with Gasteiger partial charge in [0.25, 0.3) is 0 Å². The quantitative estimate of drug-likeness (QED) is 0.775. The van der Waals surface area contributed by atoms with Crippen LogP contribution in [0, 0.1) is 5.92 Å². The Morgan fingerprint density at radius 1 is 0.933 bits per heavy atom. The second kappa shape index (κ2) is 5.31. The maximum Gasteiger partial charge on any atom is 0.0731 e. The van der Waals surface area contributed by atoms with Gasteiger partial charge >= 0.3 is 0 Å². The van der Waals surface area contributed by atoms with Crippen molar-refractivity contribution < 1.29 is 4.74 Å². The summed E-state index contributed by atoms with van der Waals surface area (Å²) in [6, 6.07) is 0.610. The van der Waals surface area contributed by atoms with Crippen LogP contribution in [0.4, 0.5) is 0 Å². The minimum Gasteiger partial charge on any atom is -0.373 e. The summed E-state index contributed by atoms with van der Waals surface area (Å²) in [4.78, 5) is 0. The topological polar surface area (TPSA) is 21.3 Å². The van der Waals surface area contributed by atoms with Gasteiger partial charge in [-0.3, -0.25) is 0 Å². The Balaban J connectivity index is 1.84. The summed E-state index contributed by atoms with van der Waals surface area (Å²) >= 11 is 0. The third-order valence-corrected chi connectivity index (χ3v) is 4.21. The van der Waals surface area contributed by atoms with Crippen molar-refractivity contribution in [3.05, 3.63) is 0 Å². The van der Waals surface area contributed by atoms with Gasteiger partial charge in [-0.2, -0.15) is 0 Å². The van der Waals surface area contributed by atoms with Crippen LogP contribution in [0.15, 0.2) is 0 Å². The fraction of sp³-hybridized carbons (Fsp3) is 1.00. The highest BCUT2D eigenvalue weighted by Gasteiger charge is 2.31.